The molecule has 2 heteroatoms. The minimum Gasteiger partial charge on any atom is -0.289 e. The molecule has 3 aromatic rings. The number of fused-ring (bicyclic) bond motifs is 3. The summed E-state index contributed by atoms with van der Waals surface area (Å²) in [5.41, 5.74) is 4.06. The van der Waals surface area contributed by atoms with Gasteiger partial charge >= 0.3 is 0 Å². The smallest absolute Gasteiger partial charge is 0.0737 e. The van der Waals surface area contributed by atoms with Crippen molar-refractivity contribution in [3.8, 4) is 0 Å². The Morgan fingerprint density at radius 1 is 0.923 bits per heavy atom. The summed E-state index contributed by atoms with van der Waals surface area (Å²) >= 11 is 0. The topological polar surface area (TPSA) is 16.1 Å². The number of hydrogen-bond donors (Lipinski definition) is 0. The lowest BCUT2D eigenvalue weighted by Crippen LogP contribution is -2.47. The van der Waals surface area contributed by atoms with Crippen molar-refractivity contribution in [3.63, 3.8) is 0 Å². The number of hydrogen-bond acceptors (Lipinski definition) is 2. The number of nitrogens with zero attached hydrogens (tertiary/aromatic N) is 2. The lowest BCUT2D eigenvalue weighted by Gasteiger charge is -2.45. The summed E-state index contributed by atoms with van der Waals surface area (Å²) in [7, 11) is 0. The number of aromatic nitrogens is 1. The highest BCUT2D eigenvalue weighted by atomic mass is 15.2. The molecule has 3 heterocycles. The molecule has 1 aromatic heterocycles. The third-order valence-electron chi connectivity index (χ3n) is 5.97. The van der Waals surface area contributed by atoms with Gasteiger partial charge in [-0.25, -0.2) is 0 Å². The maximum absolute atomic E-state index is 4.78. The van der Waals surface area contributed by atoms with Crippen LogP contribution in [0.4, 0.5) is 0 Å². The maximum atomic E-state index is 4.78. The predicted octanol–water partition coefficient (Wildman–Crippen LogP) is 5.45. The van der Waals surface area contributed by atoms with Crippen LogP contribution in [0.25, 0.3) is 16.3 Å². The van der Waals surface area contributed by atoms with Crippen molar-refractivity contribution in [1.82, 2.24) is 9.88 Å². The van der Waals surface area contributed by atoms with Gasteiger partial charge in [0.1, 0.15) is 0 Å². The summed E-state index contributed by atoms with van der Waals surface area (Å²) in [6.45, 7) is 1.06. The Labute approximate surface area is 155 Å². The standard InChI is InChI=1S/C24H24N2/c1-2-7-18(8-3-1)17-26-21-10-6-11-22(26)16-20(15-21)24-23-12-5-4-9-19(23)13-14-25-24/h1-5,7-9,12-15,21-22H,6,10-11,16-17H2. The van der Waals surface area contributed by atoms with Crippen LogP contribution < -0.4 is 0 Å². The largest absolute Gasteiger partial charge is 0.289 e. The molecule has 2 aromatic carbocycles. The van der Waals surface area contributed by atoms with Crippen molar-refractivity contribution in [1.29, 1.82) is 0 Å². The first-order valence-electron chi connectivity index (χ1n) is 9.73. The molecule has 2 aliphatic rings. The van der Waals surface area contributed by atoms with Crippen molar-refractivity contribution >= 4 is 16.3 Å². The van der Waals surface area contributed by atoms with Crippen molar-refractivity contribution in [2.24, 2.45) is 0 Å². The Hall–Kier alpha value is -2.45. The van der Waals surface area contributed by atoms with Gasteiger partial charge in [0, 0.05) is 30.2 Å². The Bertz CT molecular complexity index is 939. The van der Waals surface area contributed by atoms with Crippen LogP contribution in [-0.4, -0.2) is 22.0 Å². The summed E-state index contributed by atoms with van der Waals surface area (Å²) in [5, 5.41) is 2.58. The van der Waals surface area contributed by atoms with E-state index in [-0.39, 0.29) is 0 Å². The number of benzene rings is 2. The molecule has 130 valence electrons. The Kier molecular flexibility index (Phi) is 4.06. The van der Waals surface area contributed by atoms with E-state index in [9.17, 15) is 0 Å². The first-order valence-corrected chi connectivity index (χ1v) is 9.73. The fraction of sp³-hybridized carbons (Fsp3) is 0.292. The van der Waals surface area contributed by atoms with Crippen LogP contribution >= 0.6 is 0 Å². The van der Waals surface area contributed by atoms with Crippen molar-refractivity contribution in [2.45, 2.75) is 44.3 Å². The monoisotopic (exact) mass is 340 g/mol. The fourth-order valence-electron chi connectivity index (χ4n) is 4.71. The zero-order valence-corrected chi connectivity index (χ0v) is 15.0. The van der Waals surface area contributed by atoms with Crippen LogP contribution in [0.2, 0.25) is 0 Å². The van der Waals surface area contributed by atoms with Gasteiger partial charge in [0.25, 0.3) is 0 Å². The molecule has 5 rings (SSSR count). The van der Waals surface area contributed by atoms with Crippen molar-refractivity contribution in [2.75, 3.05) is 0 Å². The highest BCUT2D eigenvalue weighted by molar-refractivity contribution is 5.92. The second-order valence-electron chi connectivity index (χ2n) is 7.59. The highest BCUT2D eigenvalue weighted by Crippen LogP contribution is 2.38. The van der Waals surface area contributed by atoms with E-state index in [0.29, 0.717) is 12.1 Å². The highest BCUT2D eigenvalue weighted by Gasteiger charge is 2.34. The van der Waals surface area contributed by atoms with Crippen LogP contribution in [0.15, 0.2) is 72.9 Å². The van der Waals surface area contributed by atoms with Gasteiger partial charge in [0.2, 0.25) is 0 Å². The van der Waals surface area contributed by atoms with Gasteiger partial charge in [0.15, 0.2) is 0 Å². The van der Waals surface area contributed by atoms with E-state index >= 15 is 0 Å². The van der Waals surface area contributed by atoms with E-state index in [4.69, 9.17) is 4.98 Å². The third-order valence-corrected chi connectivity index (χ3v) is 5.97. The summed E-state index contributed by atoms with van der Waals surface area (Å²) in [5.74, 6) is 0. The Morgan fingerprint density at radius 3 is 2.65 bits per heavy atom. The molecule has 26 heavy (non-hydrogen) atoms. The molecule has 2 unspecified atom stereocenters. The lowest BCUT2D eigenvalue weighted by atomic mass is 9.83. The molecule has 0 spiro atoms. The number of piperidine rings is 1. The van der Waals surface area contributed by atoms with E-state index in [2.05, 4.69) is 71.6 Å². The molecular formula is C24H24N2. The quantitative estimate of drug-likeness (QED) is 0.630. The summed E-state index contributed by atoms with van der Waals surface area (Å²) in [6.07, 6.45) is 9.48. The van der Waals surface area contributed by atoms with Crippen molar-refractivity contribution in [3.05, 3.63) is 84.2 Å². The second-order valence-corrected chi connectivity index (χ2v) is 7.59. The summed E-state index contributed by atoms with van der Waals surface area (Å²) < 4.78 is 0. The zero-order valence-electron chi connectivity index (χ0n) is 15.0. The fourth-order valence-corrected chi connectivity index (χ4v) is 4.71. The van der Waals surface area contributed by atoms with Gasteiger partial charge in [-0.2, -0.15) is 0 Å². The van der Waals surface area contributed by atoms with Crippen LogP contribution in [-0.2, 0) is 6.54 Å². The van der Waals surface area contributed by atoms with Crippen LogP contribution in [0.5, 0.6) is 0 Å². The third kappa shape index (κ3) is 2.85. The number of pyridine rings is 1. The molecule has 0 aliphatic carbocycles. The van der Waals surface area contributed by atoms with Gasteiger partial charge in [-0.05, 0) is 41.9 Å². The molecular weight excluding hydrogens is 316 g/mol. The molecule has 2 aliphatic heterocycles. The van der Waals surface area contributed by atoms with Crippen LogP contribution in [0.3, 0.4) is 0 Å². The predicted molar refractivity (Wildman–Crippen MR) is 108 cm³/mol. The summed E-state index contributed by atoms with van der Waals surface area (Å²) in [6, 6.07) is 22.8. The normalized spacial score (nSPS) is 23.0. The average molecular weight is 340 g/mol. The molecule has 2 nitrogen and oxygen atoms in total. The molecule has 0 radical (unpaired) electrons. The first-order chi connectivity index (χ1) is 12.9. The molecule has 2 bridgehead atoms. The van der Waals surface area contributed by atoms with Gasteiger partial charge in [-0.15, -0.1) is 0 Å². The molecule has 0 saturated carbocycles. The lowest BCUT2D eigenvalue weighted by molar-refractivity contribution is 0.0951. The molecule has 1 fully saturated rings. The SMILES string of the molecule is C1=C(c2nccc3ccccc23)CC2CCCC1N2Cc1ccccc1. The first kappa shape index (κ1) is 15.8. The molecule has 0 N–H and O–H groups in total. The van der Waals surface area contributed by atoms with E-state index in [1.54, 1.807) is 0 Å². The minimum absolute atomic E-state index is 0.540. The second kappa shape index (κ2) is 6.69. The molecule has 0 amide bonds. The molecule has 1 saturated heterocycles. The average Bonchev–Trinajstić information content (AvgIpc) is 2.68. The number of rotatable bonds is 3. The minimum atomic E-state index is 0.540. The van der Waals surface area contributed by atoms with Crippen LogP contribution in [0.1, 0.15) is 36.9 Å². The van der Waals surface area contributed by atoms with Gasteiger partial charge in [-0.3, -0.25) is 9.88 Å². The van der Waals surface area contributed by atoms with E-state index in [0.717, 1.165) is 13.0 Å². The van der Waals surface area contributed by atoms with E-state index < -0.39 is 0 Å². The molecule has 2 atom stereocenters. The van der Waals surface area contributed by atoms with Crippen LogP contribution in [0, 0.1) is 0 Å². The van der Waals surface area contributed by atoms with Crippen molar-refractivity contribution < 1.29 is 0 Å². The summed E-state index contributed by atoms with van der Waals surface area (Å²) in [4.78, 5) is 7.50. The maximum Gasteiger partial charge on any atom is 0.0737 e. The Morgan fingerprint density at radius 2 is 1.77 bits per heavy atom. The van der Waals surface area contributed by atoms with Gasteiger partial charge in [0.05, 0.1) is 5.69 Å². The zero-order chi connectivity index (χ0) is 17.3. The van der Waals surface area contributed by atoms with Gasteiger partial charge in [-0.1, -0.05) is 67.1 Å². The van der Waals surface area contributed by atoms with E-state index in [1.165, 1.54) is 46.9 Å². The van der Waals surface area contributed by atoms with E-state index in [1.807, 2.05) is 6.20 Å². The van der Waals surface area contributed by atoms with Gasteiger partial charge < -0.3 is 0 Å². The Balaban J connectivity index is 1.50.